The first-order valence-corrected chi connectivity index (χ1v) is 14.0. The smallest absolute Gasteiger partial charge is 0.404 e. The number of nitrogens with one attached hydrogen (secondary N) is 1. The van der Waals surface area contributed by atoms with E-state index in [-0.39, 0.29) is 36.7 Å². The van der Waals surface area contributed by atoms with E-state index in [0.717, 1.165) is 10.6 Å². The molecular formula is C20H30F3N3O7S2. The molecule has 200 valence electrons. The van der Waals surface area contributed by atoms with Gasteiger partial charge in [-0.3, -0.25) is 9.52 Å². The van der Waals surface area contributed by atoms with Crippen LogP contribution in [0.25, 0.3) is 0 Å². The van der Waals surface area contributed by atoms with Crippen molar-refractivity contribution in [1.29, 1.82) is 0 Å². The topological polar surface area (TPSA) is 122 Å². The average molecular weight is 546 g/mol. The molecule has 0 bridgehead atoms. The number of rotatable bonds is 5. The highest BCUT2D eigenvalue weighted by Gasteiger charge is 2.41. The summed E-state index contributed by atoms with van der Waals surface area (Å²) in [7, 11) is -5.58. The monoisotopic (exact) mass is 545 g/mol. The Morgan fingerprint density at radius 3 is 2.34 bits per heavy atom. The summed E-state index contributed by atoms with van der Waals surface area (Å²) in [5.74, 6) is -3.10. The highest BCUT2D eigenvalue weighted by atomic mass is 32.2. The van der Waals surface area contributed by atoms with Crippen molar-refractivity contribution in [3.63, 3.8) is 0 Å². The van der Waals surface area contributed by atoms with Crippen molar-refractivity contribution < 1.29 is 44.3 Å². The zero-order chi connectivity index (χ0) is 26.8. The van der Waals surface area contributed by atoms with E-state index in [1.165, 1.54) is 44.2 Å². The van der Waals surface area contributed by atoms with Crippen LogP contribution < -0.4 is 9.46 Å². The molecule has 0 unspecified atom stereocenters. The van der Waals surface area contributed by atoms with Crippen molar-refractivity contribution in [2.24, 2.45) is 5.92 Å². The number of methoxy groups -OCH3 is 1. The molecule has 1 aliphatic rings. The van der Waals surface area contributed by atoms with Gasteiger partial charge in [0.05, 0.1) is 24.0 Å². The Balaban J connectivity index is 2.54. The van der Waals surface area contributed by atoms with Gasteiger partial charge in [-0.05, 0) is 31.0 Å². The number of benzene rings is 1. The normalized spacial score (nSPS) is 23.6. The van der Waals surface area contributed by atoms with E-state index < -0.39 is 55.9 Å². The molecule has 10 nitrogen and oxygen atoms in total. The zero-order valence-corrected chi connectivity index (χ0v) is 21.6. The molecule has 0 saturated carbocycles. The predicted molar refractivity (Wildman–Crippen MR) is 123 cm³/mol. The molecule has 0 saturated heterocycles. The molecule has 1 amide bonds. The molecule has 0 aromatic heterocycles. The number of amides is 1. The lowest BCUT2D eigenvalue weighted by Crippen LogP contribution is -2.50. The Hall–Kier alpha value is -2.10. The van der Waals surface area contributed by atoms with Gasteiger partial charge in [0.25, 0.3) is 5.91 Å². The summed E-state index contributed by atoms with van der Waals surface area (Å²) in [5, 5.41) is 0. The standard InChI is InChI=1S/C20H30F3N3O7S2/c1-13-9-26(35(30,31)12-20(21,22)23)14(2)11-33-17-7-6-15(24-34(5,28)29)8-16(17)19(27)25(3)10-18(13)32-4/h6-8,13-14,18,24H,9-12H2,1-5H3/t13-,14-,18-/m1/s1. The third kappa shape index (κ3) is 8.22. The number of hydrogen-bond donors (Lipinski definition) is 1. The second-order valence-corrected chi connectivity index (χ2v) is 12.3. The number of halogens is 3. The average Bonchev–Trinajstić information content (AvgIpc) is 2.70. The predicted octanol–water partition coefficient (Wildman–Crippen LogP) is 1.76. The summed E-state index contributed by atoms with van der Waals surface area (Å²) in [6.07, 6.45) is -4.70. The van der Waals surface area contributed by atoms with E-state index in [1.54, 1.807) is 6.92 Å². The van der Waals surface area contributed by atoms with Gasteiger partial charge >= 0.3 is 6.18 Å². The summed E-state index contributed by atoms with van der Waals surface area (Å²) in [6, 6.07) is 2.94. The van der Waals surface area contributed by atoms with Gasteiger partial charge in [0.15, 0.2) is 5.75 Å². The minimum Gasteiger partial charge on any atom is -0.491 e. The fraction of sp³-hybridized carbons (Fsp3) is 0.650. The van der Waals surface area contributed by atoms with Gasteiger partial charge in [-0.1, -0.05) is 6.92 Å². The summed E-state index contributed by atoms with van der Waals surface area (Å²) in [4.78, 5) is 14.5. The van der Waals surface area contributed by atoms with Crippen LogP contribution in [0.4, 0.5) is 18.9 Å². The largest absolute Gasteiger partial charge is 0.491 e. The number of sulfonamides is 2. The molecule has 15 heteroatoms. The van der Waals surface area contributed by atoms with Crippen molar-refractivity contribution in [2.45, 2.75) is 32.2 Å². The molecular weight excluding hydrogens is 515 g/mol. The van der Waals surface area contributed by atoms with Gasteiger partial charge in [0.2, 0.25) is 20.0 Å². The number of ether oxygens (including phenoxy) is 2. The molecule has 1 N–H and O–H groups in total. The number of carbonyl (C=O) groups is 1. The Kier molecular flexibility index (Phi) is 9.06. The van der Waals surface area contributed by atoms with Crippen molar-refractivity contribution in [3.8, 4) is 5.75 Å². The van der Waals surface area contributed by atoms with Crippen molar-refractivity contribution in [1.82, 2.24) is 9.21 Å². The fourth-order valence-corrected chi connectivity index (χ4v) is 5.90. The summed E-state index contributed by atoms with van der Waals surface area (Å²) < 4.78 is 102. The van der Waals surface area contributed by atoms with Gasteiger partial charge in [-0.25, -0.2) is 16.8 Å². The van der Waals surface area contributed by atoms with Crippen molar-refractivity contribution in [2.75, 3.05) is 50.6 Å². The van der Waals surface area contributed by atoms with E-state index in [1.807, 2.05) is 0 Å². The van der Waals surface area contributed by atoms with Gasteiger partial charge < -0.3 is 14.4 Å². The van der Waals surface area contributed by atoms with Crippen LogP contribution in [0.3, 0.4) is 0 Å². The fourth-order valence-electron chi connectivity index (χ4n) is 3.70. The number of alkyl halides is 3. The van der Waals surface area contributed by atoms with Gasteiger partial charge in [0.1, 0.15) is 12.4 Å². The first-order chi connectivity index (χ1) is 15.9. The minimum atomic E-state index is -4.94. The Morgan fingerprint density at radius 2 is 1.80 bits per heavy atom. The molecule has 0 radical (unpaired) electrons. The first kappa shape index (κ1) is 29.1. The van der Waals surface area contributed by atoms with E-state index >= 15 is 0 Å². The third-order valence-corrected chi connectivity index (χ3v) is 7.92. The van der Waals surface area contributed by atoms with Crippen LogP contribution in [0.5, 0.6) is 5.75 Å². The Labute approximate surface area is 203 Å². The third-order valence-electron chi connectivity index (χ3n) is 5.39. The summed E-state index contributed by atoms with van der Waals surface area (Å²) >= 11 is 0. The van der Waals surface area contributed by atoms with E-state index in [9.17, 15) is 34.8 Å². The van der Waals surface area contributed by atoms with Gasteiger partial charge in [-0.2, -0.15) is 17.5 Å². The molecule has 1 aromatic rings. The van der Waals surface area contributed by atoms with Crippen LogP contribution >= 0.6 is 0 Å². The molecule has 3 atom stereocenters. The van der Waals surface area contributed by atoms with Crippen LogP contribution in [0, 0.1) is 5.92 Å². The number of carbonyl (C=O) groups excluding carboxylic acids is 1. The number of hydrogen-bond acceptors (Lipinski definition) is 7. The summed E-state index contributed by atoms with van der Waals surface area (Å²) in [6.45, 7) is 2.37. The molecule has 2 rings (SSSR count). The van der Waals surface area contributed by atoms with Crippen LogP contribution in [0.15, 0.2) is 18.2 Å². The summed E-state index contributed by atoms with van der Waals surface area (Å²) in [5.41, 5.74) is 0.0870. The number of nitrogens with zero attached hydrogens (tertiary/aromatic N) is 2. The van der Waals surface area contributed by atoms with Crippen LogP contribution in [0.1, 0.15) is 24.2 Å². The lowest BCUT2D eigenvalue weighted by atomic mass is 10.0. The van der Waals surface area contributed by atoms with Gasteiger partial charge in [-0.15, -0.1) is 0 Å². The molecule has 1 aliphatic heterocycles. The lowest BCUT2D eigenvalue weighted by Gasteiger charge is -2.35. The van der Waals surface area contributed by atoms with Crippen molar-refractivity contribution in [3.05, 3.63) is 23.8 Å². The minimum absolute atomic E-state index is 0.0127. The maximum atomic E-state index is 13.2. The SMILES string of the molecule is CO[C@@H]1CN(C)C(=O)c2cc(NS(C)(=O)=O)ccc2OC[C@@H](C)N(S(=O)(=O)CC(F)(F)F)C[C@H]1C. The lowest BCUT2D eigenvalue weighted by molar-refractivity contribution is -0.107. The molecule has 35 heavy (non-hydrogen) atoms. The van der Waals surface area contributed by atoms with Crippen LogP contribution in [-0.2, 0) is 24.8 Å². The zero-order valence-electron chi connectivity index (χ0n) is 20.0. The van der Waals surface area contributed by atoms with Crippen LogP contribution in [0.2, 0.25) is 0 Å². The van der Waals surface area contributed by atoms with Crippen LogP contribution in [-0.4, -0.2) is 96.1 Å². The molecule has 1 aromatic carbocycles. The second kappa shape index (κ2) is 10.9. The molecule has 0 fully saturated rings. The highest BCUT2D eigenvalue weighted by Crippen LogP contribution is 2.28. The maximum absolute atomic E-state index is 13.2. The first-order valence-electron chi connectivity index (χ1n) is 10.5. The quantitative estimate of drug-likeness (QED) is 0.598. The molecule has 0 spiro atoms. The van der Waals surface area contributed by atoms with Gasteiger partial charge in [0, 0.05) is 32.9 Å². The molecule has 0 aliphatic carbocycles. The van der Waals surface area contributed by atoms with E-state index in [2.05, 4.69) is 4.72 Å². The number of likely N-dealkylation sites (N-methyl/N-ethyl adjacent to an activating group) is 1. The highest BCUT2D eigenvalue weighted by molar-refractivity contribution is 7.92. The molecule has 1 heterocycles. The number of fused-ring (bicyclic) bond motifs is 1. The van der Waals surface area contributed by atoms with Crippen molar-refractivity contribution >= 4 is 31.6 Å². The Bertz CT molecular complexity index is 1130. The second-order valence-electron chi connectivity index (χ2n) is 8.62. The maximum Gasteiger partial charge on any atom is 0.404 e. The number of anilines is 1. The Morgan fingerprint density at radius 1 is 1.17 bits per heavy atom. The van der Waals surface area contributed by atoms with E-state index in [0.29, 0.717) is 0 Å². The van der Waals surface area contributed by atoms with E-state index in [4.69, 9.17) is 9.47 Å².